The zero-order chi connectivity index (χ0) is 21.6. The van der Waals surface area contributed by atoms with E-state index in [0.717, 1.165) is 62.4 Å². The quantitative estimate of drug-likeness (QED) is 0.292. The monoisotopic (exact) mass is 574 g/mol. The van der Waals surface area contributed by atoms with Gasteiger partial charge in [0, 0.05) is 58.1 Å². The van der Waals surface area contributed by atoms with Crippen LogP contribution in [0.1, 0.15) is 31.9 Å². The lowest BCUT2D eigenvalue weighted by Gasteiger charge is -2.26. The van der Waals surface area contributed by atoms with Gasteiger partial charge in [-0.3, -0.25) is 9.89 Å². The molecule has 1 aromatic heterocycles. The first-order valence-electron chi connectivity index (χ1n) is 10.8. The Morgan fingerprint density at radius 2 is 2.06 bits per heavy atom. The number of likely N-dealkylation sites (tertiary alicyclic amines) is 1. The molecule has 1 atom stereocenters. The fourth-order valence-corrected chi connectivity index (χ4v) is 5.11. The second-order valence-corrected chi connectivity index (χ2v) is 8.92. The molecule has 178 valence electrons. The average molecular weight is 574 g/mol. The van der Waals surface area contributed by atoms with Gasteiger partial charge in [0.05, 0.1) is 12.2 Å². The van der Waals surface area contributed by atoms with E-state index in [4.69, 9.17) is 4.98 Å². The highest BCUT2D eigenvalue weighted by Crippen LogP contribution is 2.24. The number of aliphatic imine (C=N–C) groups is 1. The van der Waals surface area contributed by atoms with Gasteiger partial charge in [0.2, 0.25) is 0 Å². The summed E-state index contributed by atoms with van der Waals surface area (Å²) in [6.07, 6.45) is 0.0675. The maximum atomic E-state index is 12.7. The van der Waals surface area contributed by atoms with Gasteiger partial charge in [0.1, 0.15) is 0 Å². The first-order chi connectivity index (χ1) is 14.4. The second-order valence-electron chi connectivity index (χ2n) is 8.08. The van der Waals surface area contributed by atoms with E-state index in [0.29, 0.717) is 13.1 Å². The van der Waals surface area contributed by atoms with E-state index in [1.54, 1.807) is 25.3 Å². The number of hydrogen-bond acceptors (Lipinski definition) is 5. The largest absolute Gasteiger partial charge is 0.401 e. The van der Waals surface area contributed by atoms with E-state index >= 15 is 0 Å². The van der Waals surface area contributed by atoms with Crippen LogP contribution in [0.25, 0.3) is 0 Å². The third-order valence-electron chi connectivity index (χ3n) is 5.74. The van der Waals surface area contributed by atoms with Crippen LogP contribution in [0.5, 0.6) is 0 Å². The van der Waals surface area contributed by atoms with Gasteiger partial charge < -0.3 is 15.1 Å². The summed E-state index contributed by atoms with van der Waals surface area (Å²) in [6, 6.07) is 0. The molecule has 0 spiro atoms. The maximum Gasteiger partial charge on any atom is 0.401 e. The summed E-state index contributed by atoms with van der Waals surface area (Å²) < 4.78 is 38.1. The lowest BCUT2D eigenvalue weighted by atomic mass is 10.1. The topological polar surface area (TPSA) is 47.0 Å². The molecule has 3 rings (SSSR count). The normalized spacial score (nSPS) is 19.9. The minimum Gasteiger partial charge on any atom is -0.356 e. The molecule has 1 aromatic rings. The molecule has 1 unspecified atom stereocenters. The minimum atomic E-state index is -4.14. The number of rotatable bonds is 8. The summed E-state index contributed by atoms with van der Waals surface area (Å²) in [6.45, 7) is 6.35. The molecule has 0 bridgehead atoms. The van der Waals surface area contributed by atoms with Crippen molar-refractivity contribution >= 4 is 46.4 Å². The number of nitrogens with one attached hydrogen (secondary N) is 1. The van der Waals surface area contributed by atoms with Gasteiger partial charge in [-0.1, -0.05) is 6.92 Å². The van der Waals surface area contributed by atoms with Crippen LogP contribution in [0, 0.1) is 5.92 Å². The Balaban J connectivity index is 0.00000341. The molecule has 6 nitrogen and oxygen atoms in total. The molecule has 11 heteroatoms. The van der Waals surface area contributed by atoms with Crippen LogP contribution >= 0.6 is 35.3 Å². The molecule has 0 aliphatic carbocycles. The van der Waals surface area contributed by atoms with Crippen molar-refractivity contribution in [1.82, 2.24) is 20.1 Å². The molecule has 1 N–H and O–H groups in total. The Hall–Kier alpha value is -0.820. The molecule has 2 fully saturated rings. The molecule has 2 aliphatic heterocycles. The molecule has 2 aliphatic rings. The predicted molar refractivity (Wildman–Crippen MR) is 132 cm³/mol. The number of thiazole rings is 1. The fourth-order valence-electron chi connectivity index (χ4n) is 4.20. The first kappa shape index (κ1) is 26.4. The highest BCUT2D eigenvalue weighted by atomic mass is 127. The number of guanidine groups is 1. The zero-order valence-electron chi connectivity index (χ0n) is 18.3. The van der Waals surface area contributed by atoms with Crippen LogP contribution in [0.4, 0.5) is 18.3 Å². The standard InChI is InChI=1S/C20H33F3N6S.HI/c1-3-27(15-20(21,22)23)12-16-7-11-29(13-16)18(24-2)25-8-6-17-14-30-19(26-17)28-9-4-5-10-28;/h14,16H,3-13,15H2,1-2H3,(H,24,25);1H. The van der Waals surface area contributed by atoms with E-state index in [-0.39, 0.29) is 29.9 Å². The molecule has 2 saturated heterocycles. The summed E-state index contributed by atoms with van der Waals surface area (Å²) in [7, 11) is 1.76. The molecule has 31 heavy (non-hydrogen) atoms. The van der Waals surface area contributed by atoms with Crippen LogP contribution in [0.15, 0.2) is 10.4 Å². The van der Waals surface area contributed by atoms with Crippen molar-refractivity contribution < 1.29 is 13.2 Å². The summed E-state index contributed by atoms with van der Waals surface area (Å²) >= 11 is 1.71. The molecule has 0 saturated carbocycles. The van der Waals surface area contributed by atoms with Crippen LogP contribution in [0.3, 0.4) is 0 Å². The van der Waals surface area contributed by atoms with Crippen molar-refractivity contribution in [3.05, 3.63) is 11.1 Å². The van der Waals surface area contributed by atoms with E-state index in [1.807, 2.05) is 0 Å². The average Bonchev–Trinajstić information content (AvgIpc) is 3.44. The first-order valence-corrected chi connectivity index (χ1v) is 11.7. The van der Waals surface area contributed by atoms with Crippen LogP contribution in [-0.2, 0) is 6.42 Å². The van der Waals surface area contributed by atoms with E-state index < -0.39 is 12.7 Å². The number of nitrogens with zero attached hydrogens (tertiary/aromatic N) is 5. The number of halogens is 4. The van der Waals surface area contributed by atoms with Gasteiger partial charge in [0.15, 0.2) is 11.1 Å². The smallest absolute Gasteiger partial charge is 0.356 e. The van der Waals surface area contributed by atoms with Gasteiger partial charge >= 0.3 is 6.18 Å². The maximum absolute atomic E-state index is 12.7. The number of aromatic nitrogens is 1. The van der Waals surface area contributed by atoms with Gasteiger partial charge in [-0.25, -0.2) is 4.98 Å². The van der Waals surface area contributed by atoms with E-state index in [1.165, 1.54) is 17.7 Å². The predicted octanol–water partition coefficient (Wildman–Crippen LogP) is 3.69. The van der Waals surface area contributed by atoms with Crippen molar-refractivity contribution in [3.63, 3.8) is 0 Å². The van der Waals surface area contributed by atoms with Crippen molar-refractivity contribution in [3.8, 4) is 0 Å². The molecular formula is C20H34F3IN6S. The zero-order valence-corrected chi connectivity index (χ0v) is 21.5. The minimum absolute atomic E-state index is 0. The van der Waals surface area contributed by atoms with Crippen molar-refractivity contribution in [2.45, 2.75) is 38.8 Å². The number of hydrogen-bond donors (Lipinski definition) is 1. The Labute approximate surface area is 204 Å². The Morgan fingerprint density at radius 3 is 2.71 bits per heavy atom. The van der Waals surface area contributed by atoms with E-state index in [9.17, 15) is 13.2 Å². The summed E-state index contributed by atoms with van der Waals surface area (Å²) in [5, 5.41) is 6.65. The molecule has 3 heterocycles. The van der Waals surface area contributed by atoms with Crippen LogP contribution in [-0.4, -0.2) is 86.3 Å². The molecule has 0 amide bonds. The number of anilines is 1. The van der Waals surface area contributed by atoms with Gasteiger partial charge in [-0.15, -0.1) is 35.3 Å². The summed E-state index contributed by atoms with van der Waals surface area (Å²) in [5.74, 6) is 1.05. The van der Waals surface area contributed by atoms with Crippen molar-refractivity contribution in [1.29, 1.82) is 0 Å². The number of alkyl halides is 3. The third kappa shape index (κ3) is 8.23. The van der Waals surface area contributed by atoms with Crippen molar-refractivity contribution in [2.75, 3.05) is 64.3 Å². The lowest BCUT2D eigenvalue weighted by Crippen LogP contribution is -2.42. The summed E-state index contributed by atoms with van der Waals surface area (Å²) in [5.41, 5.74) is 1.09. The van der Waals surface area contributed by atoms with Crippen LogP contribution < -0.4 is 10.2 Å². The van der Waals surface area contributed by atoms with E-state index in [2.05, 4.69) is 25.5 Å². The fraction of sp³-hybridized carbons (Fsp3) is 0.800. The Morgan fingerprint density at radius 1 is 1.32 bits per heavy atom. The Bertz CT molecular complexity index is 693. The van der Waals surface area contributed by atoms with Gasteiger partial charge in [0.25, 0.3) is 0 Å². The van der Waals surface area contributed by atoms with Crippen LogP contribution in [0.2, 0.25) is 0 Å². The van der Waals surface area contributed by atoms with Gasteiger partial charge in [-0.05, 0) is 31.7 Å². The summed E-state index contributed by atoms with van der Waals surface area (Å²) in [4.78, 5) is 15.1. The third-order valence-corrected chi connectivity index (χ3v) is 6.69. The highest BCUT2D eigenvalue weighted by molar-refractivity contribution is 14.0. The lowest BCUT2D eigenvalue weighted by molar-refractivity contribution is -0.146. The molecule has 0 radical (unpaired) electrons. The van der Waals surface area contributed by atoms with Crippen molar-refractivity contribution in [2.24, 2.45) is 10.9 Å². The second kappa shape index (κ2) is 12.4. The molecular weight excluding hydrogens is 540 g/mol. The van der Waals surface area contributed by atoms with Gasteiger partial charge in [-0.2, -0.15) is 13.2 Å². The highest BCUT2D eigenvalue weighted by Gasteiger charge is 2.33. The molecule has 0 aromatic carbocycles. The Kier molecular flexibility index (Phi) is 10.6. The SMILES string of the molecule is CCN(CC1CCN(C(=NC)NCCc2csc(N3CCCC3)n2)C1)CC(F)(F)F.I.